The van der Waals surface area contributed by atoms with Gasteiger partial charge < -0.3 is 4.40 Å². The fraction of sp³-hybridized carbons (Fsp3) is 0.176. The van der Waals surface area contributed by atoms with Crippen LogP contribution in [0.2, 0.25) is 0 Å². The summed E-state index contributed by atoms with van der Waals surface area (Å²) in [6.07, 6.45) is 6.42. The Bertz CT molecular complexity index is 1050. The minimum atomic E-state index is -0.688. The molecule has 0 fully saturated rings. The van der Waals surface area contributed by atoms with Crippen LogP contribution in [-0.4, -0.2) is 23.1 Å². The summed E-state index contributed by atoms with van der Waals surface area (Å²) >= 11 is 0. The normalized spacial score (nSPS) is 10.9. The average Bonchev–Trinajstić information content (AvgIpc) is 3.02. The van der Waals surface area contributed by atoms with Crippen molar-refractivity contribution in [1.82, 2.24) is 23.1 Å². The van der Waals surface area contributed by atoms with Gasteiger partial charge in [0.25, 0.3) is 0 Å². The number of allylic oxidation sites excluding steroid dienone is 2. The van der Waals surface area contributed by atoms with Gasteiger partial charge in [0.1, 0.15) is 5.65 Å². The van der Waals surface area contributed by atoms with Crippen molar-refractivity contribution in [3.8, 4) is 0 Å². The van der Waals surface area contributed by atoms with Crippen molar-refractivity contribution in [3.05, 3.63) is 93.0 Å². The van der Waals surface area contributed by atoms with E-state index >= 15 is 0 Å². The van der Waals surface area contributed by atoms with Gasteiger partial charge in [-0.2, -0.15) is 0 Å². The maximum absolute atomic E-state index is 12.6. The van der Waals surface area contributed by atoms with Crippen molar-refractivity contribution >= 4 is 5.65 Å². The van der Waals surface area contributed by atoms with E-state index in [1.165, 1.54) is 12.2 Å². The highest BCUT2D eigenvalue weighted by Gasteiger charge is 2.15. The highest BCUT2D eigenvalue weighted by Crippen LogP contribution is 2.04. The molecule has 3 heterocycles. The zero-order valence-corrected chi connectivity index (χ0v) is 13.5. The summed E-state index contributed by atoms with van der Waals surface area (Å²) in [5.74, 6) is 0. The van der Waals surface area contributed by atoms with E-state index in [9.17, 15) is 14.4 Å². The van der Waals surface area contributed by atoms with Crippen molar-refractivity contribution in [2.75, 3.05) is 0 Å². The lowest BCUT2D eigenvalue weighted by molar-refractivity contribution is 0.496. The molecule has 8 nitrogen and oxygen atoms in total. The largest absolute Gasteiger partial charge is 0.336 e. The second kappa shape index (κ2) is 6.60. The highest BCUT2D eigenvalue weighted by atomic mass is 16.2. The summed E-state index contributed by atoms with van der Waals surface area (Å²) in [5, 5.41) is 0. The molecule has 3 rings (SSSR count). The Balaban J connectivity index is 2.18. The van der Waals surface area contributed by atoms with E-state index in [0.717, 1.165) is 13.7 Å². The van der Waals surface area contributed by atoms with Gasteiger partial charge in [0.15, 0.2) is 0 Å². The summed E-state index contributed by atoms with van der Waals surface area (Å²) in [4.78, 5) is 41.9. The molecule has 3 aromatic rings. The van der Waals surface area contributed by atoms with Crippen LogP contribution in [0.3, 0.4) is 0 Å². The van der Waals surface area contributed by atoms with Crippen molar-refractivity contribution in [2.45, 2.75) is 19.6 Å². The Morgan fingerprint density at radius 2 is 1.52 bits per heavy atom. The number of pyridine rings is 1. The Labute approximate surface area is 142 Å². The number of hydrogen-bond donors (Lipinski definition) is 0. The van der Waals surface area contributed by atoms with Crippen molar-refractivity contribution in [2.24, 2.45) is 0 Å². The van der Waals surface area contributed by atoms with Crippen LogP contribution in [0.25, 0.3) is 5.65 Å². The second-order valence-electron chi connectivity index (χ2n) is 5.43. The van der Waals surface area contributed by atoms with Crippen molar-refractivity contribution in [3.63, 3.8) is 0 Å². The van der Waals surface area contributed by atoms with Crippen LogP contribution >= 0.6 is 0 Å². The quantitative estimate of drug-likeness (QED) is 0.602. The molecule has 3 aromatic heterocycles. The molecule has 0 N–H and O–H groups in total. The fourth-order valence-corrected chi connectivity index (χ4v) is 2.61. The van der Waals surface area contributed by atoms with Crippen molar-refractivity contribution < 1.29 is 0 Å². The monoisotopic (exact) mass is 339 g/mol. The molecule has 0 atom stereocenters. The molecule has 25 heavy (non-hydrogen) atoms. The third-order valence-electron chi connectivity index (χ3n) is 3.74. The van der Waals surface area contributed by atoms with E-state index in [1.54, 1.807) is 10.6 Å². The Morgan fingerprint density at radius 1 is 0.920 bits per heavy atom. The molecule has 128 valence electrons. The van der Waals surface area contributed by atoms with Gasteiger partial charge in [-0.1, -0.05) is 18.2 Å². The lowest BCUT2D eigenvalue weighted by Gasteiger charge is -2.11. The maximum atomic E-state index is 12.6. The van der Waals surface area contributed by atoms with Crippen LogP contribution in [0.1, 0.15) is 5.69 Å². The smallest absolute Gasteiger partial charge is 0.307 e. The SMILES string of the molecule is C=CCn1c(=O)n(CC=C)c(=O)n(Cc2cn3ccccc3n2)c1=O. The van der Waals surface area contributed by atoms with Crippen LogP contribution in [0, 0.1) is 0 Å². The lowest BCUT2D eigenvalue weighted by Crippen LogP contribution is -2.54. The van der Waals surface area contributed by atoms with E-state index in [0.29, 0.717) is 11.3 Å². The summed E-state index contributed by atoms with van der Waals surface area (Å²) in [5.41, 5.74) is -0.809. The molecule has 0 amide bonds. The molecule has 0 aliphatic heterocycles. The molecule has 0 unspecified atom stereocenters. The molecular weight excluding hydrogens is 322 g/mol. The van der Waals surface area contributed by atoms with Gasteiger partial charge in [0.2, 0.25) is 0 Å². The third-order valence-corrected chi connectivity index (χ3v) is 3.74. The zero-order valence-electron chi connectivity index (χ0n) is 13.5. The van der Waals surface area contributed by atoms with E-state index in [2.05, 4.69) is 18.1 Å². The number of nitrogens with zero attached hydrogens (tertiary/aromatic N) is 5. The second-order valence-corrected chi connectivity index (χ2v) is 5.43. The first-order valence-corrected chi connectivity index (χ1v) is 7.65. The van der Waals surface area contributed by atoms with Gasteiger partial charge in [0, 0.05) is 12.4 Å². The van der Waals surface area contributed by atoms with Gasteiger partial charge in [-0.05, 0) is 12.1 Å². The maximum Gasteiger partial charge on any atom is 0.336 e. The molecule has 0 spiro atoms. The van der Waals surface area contributed by atoms with Crippen LogP contribution in [-0.2, 0) is 19.6 Å². The average molecular weight is 339 g/mol. The van der Waals surface area contributed by atoms with Gasteiger partial charge in [-0.25, -0.2) is 33.1 Å². The predicted molar refractivity (Wildman–Crippen MR) is 93.9 cm³/mol. The van der Waals surface area contributed by atoms with E-state index < -0.39 is 17.1 Å². The van der Waals surface area contributed by atoms with Crippen LogP contribution < -0.4 is 17.1 Å². The minimum Gasteiger partial charge on any atom is -0.307 e. The standard InChI is InChI=1S/C17H17N5O3/c1-3-8-20-15(23)21(9-4-2)17(25)22(16(20)24)12-13-11-19-10-6-5-7-14(19)18-13/h3-7,10-11H,1-2,8-9,12H2. The minimum absolute atomic E-state index is 0.0141. The van der Waals surface area contributed by atoms with Gasteiger partial charge in [-0.15, -0.1) is 13.2 Å². The molecule has 0 bridgehead atoms. The predicted octanol–water partition coefficient (Wildman–Crippen LogP) is 0.240. The Kier molecular flexibility index (Phi) is 4.34. The fourth-order valence-electron chi connectivity index (χ4n) is 2.61. The van der Waals surface area contributed by atoms with Crippen LogP contribution in [0.15, 0.2) is 70.3 Å². The highest BCUT2D eigenvalue weighted by molar-refractivity contribution is 5.39. The van der Waals surface area contributed by atoms with E-state index in [-0.39, 0.29) is 19.6 Å². The first-order chi connectivity index (χ1) is 12.1. The van der Waals surface area contributed by atoms with Gasteiger partial charge >= 0.3 is 17.1 Å². The van der Waals surface area contributed by atoms with Gasteiger partial charge in [-0.3, -0.25) is 0 Å². The van der Waals surface area contributed by atoms with Gasteiger partial charge in [0.05, 0.1) is 25.3 Å². The zero-order chi connectivity index (χ0) is 18.0. The summed E-state index contributed by atoms with van der Waals surface area (Å²) in [7, 11) is 0. The summed E-state index contributed by atoms with van der Waals surface area (Å²) in [6.45, 7) is 7.09. The number of imidazole rings is 1. The number of fused-ring (bicyclic) bond motifs is 1. The molecular formula is C17H17N5O3. The molecule has 0 radical (unpaired) electrons. The van der Waals surface area contributed by atoms with Crippen LogP contribution in [0.4, 0.5) is 0 Å². The van der Waals surface area contributed by atoms with Crippen molar-refractivity contribution in [1.29, 1.82) is 0 Å². The first kappa shape index (κ1) is 16.4. The topological polar surface area (TPSA) is 83.3 Å². The first-order valence-electron chi connectivity index (χ1n) is 7.65. The molecule has 0 saturated heterocycles. The molecule has 0 saturated carbocycles. The Morgan fingerprint density at radius 3 is 2.08 bits per heavy atom. The lowest BCUT2D eigenvalue weighted by atomic mass is 10.4. The molecule has 0 aliphatic rings. The Hall–Kier alpha value is -3.42. The molecule has 0 aliphatic carbocycles. The van der Waals surface area contributed by atoms with Crippen LogP contribution in [0.5, 0.6) is 0 Å². The molecule has 0 aromatic carbocycles. The third kappa shape index (κ3) is 2.89. The molecule has 8 heteroatoms. The summed E-state index contributed by atoms with van der Waals surface area (Å²) < 4.78 is 4.72. The number of hydrogen-bond acceptors (Lipinski definition) is 4. The number of aromatic nitrogens is 5. The van der Waals surface area contributed by atoms with E-state index in [4.69, 9.17) is 0 Å². The van der Waals surface area contributed by atoms with E-state index in [1.807, 2.05) is 24.4 Å². The number of rotatable bonds is 6. The summed E-state index contributed by atoms with van der Waals surface area (Å²) in [6, 6.07) is 5.52.